The smallest absolute Gasteiger partial charge is 0.255 e. The molecule has 0 saturated carbocycles. The summed E-state index contributed by atoms with van der Waals surface area (Å²) in [4.78, 5) is 26.3. The zero-order chi connectivity index (χ0) is 21.4. The van der Waals surface area contributed by atoms with Crippen LogP contribution in [0.25, 0.3) is 0 Å². The van der Waals surface area contributed by atoms with Gasteiger partial charge in [-0.3, -0.25) is 14.8 Å². The number of piperidine rings is 1. The molecule has 1 N–H and O–H groups in total. The molecule has 31 heavy (non-hydrogen) atoms. The van der Waals surface area contributed by atoms with Crippen LogP contribution in [0.4, 0.5) is 5.82 Å². The molecule has 0 radical (unpaired) electrons. The summed E-state index contributed by atoms with van der Waals surface area (Å²) in [5.41, 5.74) is 3.15. The van der Waals surface area contributed by atoms with Crippen molar-refractivity contribution in [3.05, 3.63) is 64.1 Å². The molecular formula is C22H27N7O2. The number of methoxy groups -OCH3 is 1. The second kappa shape index (κ2) is 8.14. The molecule has 3 aromatic rings. The van der Waals surface area contributed by atoms with Gasteiger partial charge < -0.3 is 14.2 Å². The zero-order valence-electron chi connectivity index (χ0n) is 17.9. The number of H-pyrrole nitrogens is 1. The molecule has 2 bridgehead atoms. The summed E-state index contributed by atoms with van der Waals surface area (Å²) in [6, 6.07) is 7.99. The maximum Gasteiger partial charge on any atom is 0.255 e. The minimum atomic E-state index is 0.140. The third-order valence-electron chi connectivity index (χ3n) is 6.28. The molecule has 1 saturated heterocycles. The van der Waals surface area contributed by atoms with Crippen LogP contribution in [-0.2, 0) is 19.6 Å². The van der Waals surface area contributed by atoms with Gasteiger partial charge in [0.25, 0.3) is 5.56 Å². The normalized spacial score (nSPS) is 20.0. The van der Waals surface area contributed by atoms with Gasteiger partial charge in [-0.05, 0) is 31.5 Å². The predicted octanol–water partition coefficient (Wildman–Crippen LogP) is 1.63. The van der Waals surface area contributed by atoms with Crippen LogP contribution in [0.5, 0.6) is 5.88 Å². The van der Waals surface area contributed by atoms with Crippen molar-refractivity contribution in [3.63, 3.8) is 0 Å². The Balaban J connectivity index is 1.35. The van der Waals surface area contributed by atoms with Gasteiger partial charge >= 0.3 is 0 Å². The van der Waals surface area contributed by atoms with Gasteiger partial charge in [0.2, 0.25) is 5.88 Å². The van der Waals surface area contributed by atoms with Crippen LogP contribution in [0.3, 0.4) is 0 Å². The summed E-state index contributed by atoms with van der Waals surface area (Å²) in [6.45, 7) is 3.81. The third-order valence-corrected chi connectivity index (χ3v) is 6.28. The Bertz CT molecular complexity index is 1110. The fourth-order valence-electron chi connectivity index (χ4n) is 4.92. The number of aromatic amines is 1. The largest absolute Gasteiger partial charge is 0.481 e. The summed E-state index contributed by atoms with van der Waals surface area (Å²) in [5, 5.41) is 6.96. The number of nitrogens with one attached hydrogen (secondary N) is 1. The fraction of sp³-hybridized carbons (Fsp3) is 0.455. The third kappa shape index (κ3) is 3.93. The van der Waals surface area contributed by atoms with E-state index in [2.05, 4.69) is 36.0 Å². The fourth-order valence-corrected chi connectivity index (χ4v) is 4.92. The van der Waals surface area contributed by atoms with Crippen LogP contribution >= 0.6 is 0 Å². The summed E-state index contributed by atoms with van der Waals surface area (Å²) < 4.78 is 7.27. The second-order valence-electron chi connectivity index (χ2n) is 8.58. The highest BCUT2D eigenvalue weighted by Gasteiger charge is 2.35. The van der Waals surface area contributed by atoms with E-state index in [0.29, 0.717) is 24.3 Å². The molecule has 0 spiro atoms. The Labute approximate surface area is 180 Å². The number of ether oxygens (including phenoxy) is 1. The van der Waals surface area contributed by atoms with Gasteiger partial charge in [-0.15, -0.1) is 0 Å². The molecule has 3 aromatic heterocycles. The predicted molar refractivity (Wildman–Crippen MR) is 116 cm³/mol. The molecule has 2 aliphatic rings. The maximum atomic E-state index is 13.3. The maximum absolute atomic E-state index is 13.3. The van der Waals surface area contributed by atoms with Gasteiger partial charge in [0.05, 0.1) is 7.11 Å². The van der Waals surface area contributed by atoms with Crippen LogP contribution in [0.15, 0.2) is 41.6 Å². The van der Waals surface area contributed by atoms with Crippen LogP contribution in [0.1, 0.15) is 29.3 Å². The first-order valence-electron chi connectivity index (χ1n) is 10.6. The lowest BCUT2D eigenvalue weighted by Crippen LogP contribution is -2.48. The SMILES string of the molecule is COc1cc(N2C[C@@H]3C[C@H](C2)c2ccc(CN(C)Cc4ccn[nH]4)c(=O)n2C3)ncn1. The van der Waals surface area contributed by atoms with E-state index in [-0.39, 0.29) is 5.56 Å². The topological polar surface area (TPSA) is 92.2 Å². The summed E-state index contributed by atoms with van der Waals surface area (Å²) in [7, 11) is 3.64. The van der Waals surface area contributed by atoms with E-state index in [1.165, 1.54) is 0 Å². The van der Waals surface area contributed by atoms with E-state index >= 15 is 0 Å². The van der Waals surface area contributed by atoms with Crippen molar-refractivity contribution in [3.8, 4) is 5.88 Å². The van der Waals surface area contributed by atoms with Crippen molar-refractivity contribution in [2.75, 3.05) is 32.1 Å². The molecule has 0 aromatic carbocycles. The van der Waals surface area contributed by atoms with Crippen molar-refractivity contribution >= 4 is 5.82 Å². The van der Waals surface area contributed by atoms with E-state index in [1.54, 1.807) is 19.6 Å². The zero-order valence-corrected chi connectivity index (χ0v) is 17.9. The average molecular weight is 422 g/mol. The molecule has 2 aliphatic heterocycles. The van der Waals surface area contributed by atoms with E-state index in [9.17, 15) is 4.79 Å². The van der Waals surface area contributed by atoms with E-state index in [1.807, 2.05) is 29.8 Å². The molecule has 9 heteroatoms. The molecule has 5 rings (SSSR count). The Kier molecular flexibility index (Phi) is 5.19. The summed E-state index contributed by atoms with van der Waals surface area (Å²) in [5.74, 6) is 2.19. The van der Waals surface area contributed by atoms with Crippen molar-refractivity contribution in [2.45, 2.75) is 32.0 Å². The van der Waals surface area contributed by atoms with Crippen LogP contribution in [-0.4, -0.2) is 56.9 Å². The summed E-state index contributed by atoms with van der Waals surface area (Å²) in [6.07, 6.45) is 4.40. The highest BCUT2D eigenvalue weighted by atomic mass is 16.5. The Morgan fingerprint density at radius 3 is 2.90 bits per heavy atom. The lowest BCUT2D eigenvalue weighted by molar-refractivity contribution is 0.275. The highest BCUT2D eigenvalue weighted by Crippen LogP contribution is 2.36. The van der Waals surface area contributed by atoms with Crippen molar-refractivity contribution in [1.82, 2.24) is 29.6 Å². The number of hydrogen-bond acceptors (Lipinski definition) is 7. The number of nitrogens with zero attached hydrogens (tertiary/aromatic N) is 6. The molecular weight excluding hydrogens is 394 g/mol. The first-order valence-corrected chi connectivity index (χ1v) is 10.6. The van der Waals surface area contributed by atoms with Gasteiger partial charge in [-0.2, -0.15) is 5.10 Å². The number of anilines is 1. The highest BCUT2D eigenvalue weighted by molar-refractivity contribution is 5.43. The molecule has 0 aliphatic carbocycles. The van der Waals surface area contributed by atoms with Crippen LogP contribution < -0.4 is 15.2 Å². The number of rotatable bonds is 6. The molecule has 0 amide bonds. The lowest BCUT2D eigenvalue weighted by Gasteiger charge is -2.43. The second-order valence-corrected chi connectivity index (χ2v) is 8.58. The van der Waals surface area contributed by atoms with Gasteiger partial charge in [-0.25, -0.2) is 9.97 Å². The number of aromatic nitrogens is 5. The summed E-state index contributed by atoms with van der Waals surface area (Å²) >= 11 is 0. The molecule has 1 fully saturated rings. The molecule has 2 atom stereocenters. The Morgan fingerprint density at radius 1 is 1.19 bits per heavy atom. The van der Waals surface area contributed by atoms with Gasteiger partial charge in [0.1, 0.15) is 12.1 Å². The molecule has 5 heterocycles. The minimum absolute atomic E-state index is 0.140. The van der Waals surface area contributed by atoms with Gasteiger partial charge in [0.15, 0.2) is 0 Å². The van der Waals surface area contributed by atoms with Crippen molar-refractivity contribution in [1.29, 1.82) is 0 Å². The average Bonchev–Trinajstić information content (AvgIpc) is 3.29. The minimum Gasteiger partial charge on any atom is -0.481 e. The first-order chi connectivity index (χ1) is 15.1. The van der Waals surface area contributed by atoms with Gasteiger partial charge in [-0.1, -0.05) is 6.07 Å². The first kappa shape index (κ1) is 19.7. The number of fused-ring (bicyclic) bond motifs is 4. The number of pyridine rings is 1. The van der Waals surface area contributed by atoms with E-state index in [4.69, 9.17) is 4.74 Å². The lowest BCUT2D eigenvalue weighted by atomic mass is 9.83. The van der Waals surface area contributed by atoms with Crippen molar-refractivity contribution < 1.29 is 4.74 Å². The number of hydrogen-bond donors (Lipinski definition) is 1. The van der Waals surface area contributed by atoms with E-state index < -0.39 is 0 Å². The molecule has 162 valence electrons. The van der Waals surface area contributed by atoms with Crippen LogP contribution in [0.2, 0.25) is 0 Å². The Morgan fingerprint density at radius 2 is 2.10 bits per heavy atom. The van der Waals surface area contributed by atoms with Crippen molar-refractivity contribution in [2.24, 2.45) is 5.92 Å². The van der Waals surface area contributed by atoms with Crippen LogP contribution in [0, 0.1) is 5.92 Å². The monoisotopic (exact) mass is 421 g/mol. The Hall–Kier alpha value is -3.20. The molecule has 0 unspecified atom stereocenters. The van der Waals surface area contributed by atoms with E-state index in [0.717, 1.165) is 55.4 Å². The standard InChI is InChI=1S/C22H27N7O2/c1-27(13-18-5-6-25-26-18)11-16-3-4-19-17-7-15(10-29(19)22(16)30)9-28(12-17)20-8-21(31-2)24-14-23-20/h3-6,8,14-15,17H,7,9-13H2,1-2H3,(H,25,26)/t15-,17+/m0/s1. The molecule has 9 nitrogen and oxygen atoms in total. The van der Waals surface area contributed by atoms with Gasteiger partial charge in [0, 0.05) is 67.9 Å². The quantitative estimate of drug-likeness (QED) is 0.647.